The van der Waals surface area contributed by atoms with Crippen molar-refractivity contribution in [2.75, 3.05) is 0 Å². The predicted molar refractivity (Wildman–Crippen MR) is 73.6 cm³/mol. The van der Waals surface area contributed by atoms with Gasteiger partial charge in [-0.05, 0) is 24.6 Å². The van der Waals surface area contributed by atoms with Crippen LogP contribution in [0, 0.1) is 11.3 Å². The van der Waals surface area contributed by atoms with Crippen LogP contribution in [0.3, 0.4) is 0 Å². The lowest BCUT2D eigenvalue weighted by Crippen LogP contribution is -2.00. The number of carbonyl (C=O) groups is 1. The third-order valence-electron chi connectivity index (χ3n) is 2.87. The Morgan fingerprint density at radius 1 is 1.25 bits per heavy atom. The molecule has 20 heavy (non-hydrogen) atoms. The Bertz CT molecular complexity index is 672. The van der Waals surface area contributed by atoms with E-state index in [1.165, 1.54) is 19.1 Å². The van der Waals surface area contributed by atoms with Crippen LogP contribution < -0.4 is 4.74 Å². The molecule has 0 saturated carbocycles. The van der Waals surface area contributed by atoms with E-state index in [4.69, 9.17) is 10.00 Å². The Hall–Kier alpha value is -2.80. The smallest absolute Gasteiger partial charge is 0.176 e. The highest BCUT2D eigenvalue weighted by molar-refractivity contribution is 5.97. The summed E-state index contributed by atoms with van der Waals surface area (Å²) in [5.74, 6) is -0.377. The van der Waals surface area contributed by atoms with Crippen molar-refractivity contribution in [3.8, 4) is 17.6 Å². The van der Waals surface area contributed by atoms with E-state index in [1.807, 2.05) is 36.4 Å². The standard InChI is InChI=1S/C16H13NO3/c1-11(18)13-7-8-15(16(19)14(13)9-17)20-10-12-5-3-2-4-6-12/h2-8,19H,10H2,1H3. The van der Waals surface area contributed by atoms with E-state index in [0.717, 1.165) is 5.56 Å². The number of Topliss-reactive ketones (excluding diaryl/α,β-unsaturated/α-hetero) is 1. The highest BCUT2D eigenvalue weighted by Crippen LogP contribution is 2.32. The first-order chi connectivity index (χ1) is 9.63. The van der Waals surface area contributed by atoms with Gasteiger partial charge in [-0.2, -0.15) is 5.26 Å². The van der Waals surface area contributed by atoms with E-state index in [2.05, 4.69) is 0 Å². The molecule has 0 atom stereocenters. The topological polar surface area (TPSA) is 70.3 Å². The molecule has 0 radical (unpaired) electrons. The molecule has 0 fully saturated rings. The molecule has 2 aromatic rings. The average Bonchev–Trinajstić information content (AvgIpc) is 2.46. The van der Waals surface area contributed by atoms with Crippen LogP contribution in [-0.4, -0.2) is 10.9 Å². The zero-order chi connectivity index (χ0) is 14.5. The van der Waals surface area contributed by atoms with E-state index in [9.17, 15) is 9.90 Å². The van der Waals surface area contributed by atoms with Crippen LogP contribution in [0.2, 0.25) is 0 Å². The fraction of sp³-hybridized carbons (Fsp3) is 0.125. The SMILES string of the molecule is CC(=O)c1ccc(OCc2ccccc2)c(O)c1C#N. The quantitative estimate of drug-likeness (QED) is 0.864. The van der Waals surface area contributed by atoms with Gasteiger partial charge in [-0.25, -0.2) is 0 Å². The molecule has 0 aliphatic carbocycles. The number of hydrogen-bond donors (Lipinski definition) is 1. The van der Waals surface area contributed by atoms with Crippen LogP contribution in [-0.2, 0) is 6.61 Å². The summed E-state index contributed by atoms with van der Waals surface area (Å²) in [6.45, 7) is 1.62. The zero-order valence-corrected chi connectivity index (χ0v) is 11.0. The maximum atomic E-state index is 11.4. The summed E-state index contributed by atoms with van der Waals surface area (Å²) in [6.07, 6.45) is 0. The van der Waals surface area contributed by atoms with Crippen molar-refractivity contribution in [2.45, 2.75) is 13.5 Å². The maximum Gasteiger partial charge on any atom is 0.176 e. The van der Waals surface area contributed by atoms with E-state index < -0.39 is 0 Å². The molecular formula is C16H13NO3. The molecule has 2 rings (SSSR count). The van der Waals surface area contributed by atoms with Gasteiger partial charge in [0.05, 0.1) is 0 Å². The number of aromatic hydroxyl groups is 1. The minimum absolute atomic E-state index is 0.0527. The number of rotatable bonds is 4. The lowest BCUT2D eigenvalue weighted by atomic mass is 10.0. The molecule has 100 valence electrons. The number of benzene rings is 2. The van der Waals surface area contributed by atoms with Crippen molar-refractivity contribution in [1.82, 2.24) is 0 Å². The van der Waals surface area contributed by atoms with Gasteiger partial charge in [0.1, 0.15) is 18.2 Å². The average molecular weight is 267 g/mol. The Kier molecular flexibility index (Phi) is 4.02. The second-order valence-electron chi connectivity index (χ2n) is 4.28. The summed E-state index contributed by atoms with van der Waals surface area (Å²) in [6, 6.07) is 14.3. The van der Waals surface area contributed by atoms with Crippen molar-refractivity contribution in [2.24, 2.45) is 0 Å². The van der Waals surface area contributed by atoms with E-state index in [0.29, 0.717) is 0 Å². The summed E-state index contributed by atoms with van der Waals surface area (Å²) in [5.41, 5.74) is 1.08. The van der Waals surface area contributed by atoms with Crippen LogP contribution >= 0.6 is 0 Å². The molecule has 0 bridgehead atoms. The molecule has 0 aromatic heterocycles. The van der Waals surface area contributed by atoms with Crippen molar-refractivity contribution < 1.29 is 14.6 Å². The van der Waals surface area contributed by atoms with Gasteiger partial charge in [0.25, 0.3) is 0 Å². The second-order valence-corrected chi connectivity index (χ2v) is 4.28. The van der Waals surface area contributed by atoms with Crippen LogP contribution in [0.25, 0.3) is 0 Å². The molecule has 2 aromatic carbocycles. The summed E-state index contributed by atoms with van der Waals surface area (Å²) in [7, 11) is 0. The van der Waals surface area contributed by atoms with Gasteiger partial charge >= 0.3 is 0 Å². The molecular weight excluding hydrogens is 254 g/mol. The molecule has 0 aliphatic heterocycles. The molecule has 0 spiro atoms. The van der Waals surface area contributed by atoms with Crippen molar-refractivity contribution in [3.05, 3.63) is 59.2 Å². The Morgan fingerprint density at radius 3 is 2.55 bits per heavy atom. The minimum Gasteiger partial charge on any atom is -0.503 e. The Balaban J connectivity index is 2.26. The van der Waals surface area contributed by atoms with Crippen LogP contribution in [0.5, 0.6) is 11.5 Å². The molecule has 4 nitrogen and oxygen atoms in total. The number of ketones is 1. The molecule has 0 amide bonds. The van der Waals surface area contributed by atoms with Gasteiger partial charge < -0.3 is 9.84 Å². The summed E-state index contributed by atoms with van der Waals surface area (Å²) in [5, 5.41) is 19.0. The lowest BCUT2D eigenvalue weighted by Gasteiger charge is -2.10. The number of phenolic OH excluding ortho intramolecular Hbond substituents is 1. The van der Waals surface area contributed by atoms with Crippen LogP contribution in [0.4, 0.5) is 0 Å². The molecule has 0 saturated heterocycles. The van der Waals surface area contributed by atoms with Gasteiger partial charge in [-0.15, -0.1) is 0 Å². The number of carbonyl (C=O) groups excluding carboxylic acids is 1. The number of nitriles is 1. The lowest BCUT2D eigenvalue weighted by molar-refractivity contribution is 0.101. The summed E-state index contributed by atoms with van der Waals surface area (Å²) < 4.78 is 5.49. The summed E-state index contributed by atoms with van der Waals surface area (Å²) in [4.78, 5) is 11.4. The van der Waals surface area contributed by atoms with Crippen molar-refractivity contribution in [3.63, 3.8) is 0 Å². The molecule has 0 heterocycles. The monoisotopic (exact) mass is 267 g/mol. The first kappa shape index (κ1) is 13.6. The molecule has 4 heteroatoms. The second kappa shape index (κ2) is 5.89. The number of hydrogen-bond acceptors (Lipinski definition) is 4. The van der Waals surface area contributed by atoms with Crippen molar-refractivity contribution in [1.29, 1.82) is 5.26 Å². The van der Waals surface area contributed by atoms with Gasteiger partial charge in [-0.1, -0.05) is 30.3 Å². The number of nitrogens with zero attached hydrogens (tertiary/aromatic N) is 1. The minimum atomic E-state index is -0.295. The molecule has 0 aliphatic rings. The number of ether oxygens (including phenoxy) is 1. The zero-order valence-electron chi connectivity index (χ0n) is 11.0. The third kappa shape index (κ3) is 2.78. The van der Waals surface area contributed by atoms with E-state index in [1.54, 1.807) is 0 Å². The highest BCUT2D eigenvalue weighted by atomic mass is 16.5. The third-order valence-corrected chi connectivity index (χ3v) is 2.87. The van der Waals surface area contributed by atoms with E-state index in [-0.39, 0.29) is 35.0 Å². The van der Waals surface area contributed by atoms with E-state index >= 15 is 0 Å². The molecule has 0 unspecified atom stereocenters. The van der Waals surface area contributed by atoms with Gasteiger partial charge in [-0.3, -0.25) is 4.79 Å². The first-order valence-corrected chi connectivity index (χ1v) is 6.07. The Morgan fingerprint density at radius 2 is 1.95 bits per heavy atom. The highest BCUT2D eigenvalue weighted by Gasteiger charge is 2.16. The number of phenols is 1. The normalized spacial score (nSPS) is 9.80. The fourth-order valence-corrected chi connectivity index (χ4v) is 1.83. The van der Waals surface area contributed by atoms with Gasteiger partial charge in [0.2, 0.25) is 0 Å². The summed E-state index contributed by atoms with van der Waals surface area (Å²) >= 11 is 0. The van der Waals surface area contributed by atoms with Crippen molar-refractivity contribution >= 4 is 5.78 Å². The Labute approximate surface area is 116 Å². The molecule has 1 N–H and O–H groups in total. The predicted octanol–water partition coefficient (Wildman–Crippen LogP) is 3.05. The van der Waals surface area contributed by atoms with Gasteiger partial charge in [0, 0.05) is 5.56 Å². The van der Waals surface area contributed by atoms with Crippen LogP contribution in [0.1, 0.15) is 28.4 Å². The van der Waals surface area contributed by atoms with Crippen LogP contribution in [0.15, 0.2) is 42.5 Å². The first-order valence-electron chi connectivity index (χ1n) is 6.07. The maximum absolute atomic E-state index is 11.4. The van der Waals surface area contributed by atoms with Gasteiger partial charge in [0.15, 0.2) is 17.3 Å². The fourth-order valence-electron chi connectivity index (χ4n) is 1.83. The largest absolute Gasteiger partial charge is 0.503 e.